The molecular formula is C10H12O3S. The standard InChI is InChI=1S/C10H12O3S/c11-10-4-3-8-2-1-7(5-9(8)10)6-14(12)13/h1-2,5,10-11,14H,3-4,6H2. The topological polar surface area (TPSA) is 54.4 Å². The number of thiol groups is 1. The van der Waals surface area contributed by atoms with Crippen molar-refractivity contribution in [3.8, 4) is 0 Å². The van der Waals surface area contributed by atoms with E-state index in [0.717, 1.165) is 29.5 Å². The summed E-state index contributed by atoms with van der Waals surface area (Å²) in [5, 5.41) is 9.59. The molecule has 0 radical (unpaired) electrons. The van der Waals surface area contributed by atoms with E-state index in [1.807, 2.05) is 12.1 Å². The van der Waals surface area contributed by atoms with Crippen LogP contribution in [0.5, 0.6) is 0 Å². The second-order valence-corrected chi connectivity index (χ2v) is 4.56. The molecule has 76 valence electrons. The molecule has 0 spiro atoms. The first-order valence-corrected chi connectivity index (χ1v) is 5.94. The molecule has 0 aliphatic heterocycles. The van der Waals surface area contributed by atoms with E-state index >= 15 is 0 Å². The van der Waals surface area contributed by atoms with Crippen LogP contribution >= 0.6 is 0 Å². The first-order valence-electron chi connectivity index (χ1n) is 4.58. The van der Waals surface area contributed by atoms with Gasteiger partial charge in [0.25, 0.3) is 0 Å². The third-order valence-electron chi connectivity index (χ3n) is 2.57. The fourth-order valence-electron chi connectivity index (χ4n) is 1.88. The van der Waals surface area contributed by atoms with Crippen molar-refractivity contribution in [3.05, 3.63) is 34.9 Å². The van der Waals surface area contributed by atoms with Crippen molar-refractivity contribution in [2.45, 2.75) is 24.7 Å². The molecule has 0 saturated heterocycles. The quantitative estimate of drug-likeness (QED) is 0.712. The first-order chi connectivity index (χ1) is 6.66. The van der Waals surface area contributed by atoms with E-state index in [2.05, 4.69) is 0 Å². The van der Waals surface area contributed by atoms with E-state index in [9.17, 15) is 13.5 Å². The van der Waals surface area contributed by atoms with Gasteiger partial charge in [-0.15, -0.1) is 0 Å². The number of aliphatic hydroxyl groups is 1. The van der Waals surface area contributed by atoms with Gasteiger partial charge in [0.15, 0.2) is 0 Å². The zero-order valence-electron chi connectivity index (χ0n) is 7.64. The summed E-state index contributed by atoms with van der Waals surface area (Å²) in [6, 6.07) is 5.54. The number of rotatable bonds is 2. The summed E-state index contributed by atoms with van der Waals surface area (Å²) < 4.78 is 21.0. The fraction of sp³-hybridized carbons (Fsp3) is 0.400. The molecule has 1 aromatic rings. The Morgan fingerprint density at radius 1 is 1.43 bits per heavy atom. The molecule has 0 aromatic heterocycles. The highest BCUT2D eigenvalue weighted by Gasteiger charge is 2.19. The lowest BCUT2D eigenvalue weighted by Crippen LogP contribution is -1.93. The van der Waals surface area contributed by atoms with Crippen LogP contribution < -0.4 is 0 Å². The lowest BCUT2D eigenvalue weighted by Gasteiger charge is -2.05. The number of hydrogen-bond acceptors (Lipinski definition) is 3. The molecule has 1 unspecified atom stereocenters. The summed E-state index contributed by atoms with van der Waals surface area (Å²) in [7, 11) is -2.38. The molecule has 1 aliphatic rings. The summed E-state index contributed by atoms with van der Waals surface area (Å²) in [6.07, 6.45) is 1.23. The Kier molecular flexibility index (Phi) is 2.56. The van der Waals surface area contributed by atoms with Crippen LogP contribution in [-0.2, 0) is 22.9 Å². The van der Waals surface area contributed by atoms with Crippen LogP contribution in [0, 0.1) is 0 Å². The van der Waals surface area contributed by atoms with E-state index in [1.165, 1.54) is 0 Å². The van der Waals surface area contributed by atoms with Gasteiger partial charge in [0.2, 0.25) is 0 Å². The highest BCUT2D eigenvalue weighted by molar-refractivity contribution is 7.71. The van der Waals surface area contributed by atoms with Crippen molar-refractivity contribution in [2.24, 2.45) is 0 Å². The largest absolute Gasteiger partial charge is 0.388 e. The van der Waals surface area contributed by atoms with Gasteiger partial charge in [0.1, 0.15) is 10.7 Å². The zero-order valence-corrected chi connectivity index (χ0v) is 8.54. The van der Waals surface area contributed by atoms with Crippen molar-refractivity contribution < 1.29 is 13.5 Å². The van der Waals surface area contributed by atoms with E-state index in [0.29, 0.717) is 0 Å². The summed E-state index contributed by atoms with van der Waals surface area (Å²) in [6.45, 7) is 0. The van der Waals surface area contributed by atoms with Crippen LogP contribution in [0.2, 0.25) is 0 Å². The Hall–Kier alpha value is -0.870. The highest BCUT2D eigenvalue weighted by Crippen LogP contribution is 2.31. The SMILES string of the molecule is O=[SH](=O)Cc1ccc2c(c1)C(O)CC2. The summed E-state index contributed by atoms with van der Waals surface area (Å²) >= 11 is 0. The van der Waals surface area contributed by atoms with Crippen molar-refractivity contribution in [1.29, 1.82) is 0 Å². The summed E-state index contributed by atoms with van der Waals surface area (Å²) in [4.78, 5) is 0. The maximum absolute atomic E-state index is 10.5. The Labute approximate surface area is 84.3 Å². The van der Waals surface area contributed by atoms with E-state index in [1.54, 1.807) is 6.07 Å². The van der Waals surface area contributed by atoms with Gasteiger partial charge in [0, 0.05) is 0 Å². The first kappa shape index (κ1) is 9.68. The molecule has 4 heteroatoms. The Bertz CT molecular complexity index is 415. The van der Waals surface area contributed by atoms with E-state index in [4.69, 9.17) is 0 Å². The van der Waals surface area contributed by atoms with Crippen molar-refractivity contribution >= 4 is 10.7 Å². The average Bonchev–Trinajstić information content (AvgIpc) is 2.47. The van der Waals surface area contributed by atoms with Crippen molar-refractivity contribution in [2.75, 3.05) is 0 Å². The Morgan fingerprint density at radius 2 is 2.21 bits per heavy atom. The molecule has 1 aliphatic carbocycles. The van der Waals surface area contributed by atoms with Gasteiger partial charge in [-0.1, -0.05) is 18.2 Å². The van der Waals surface area contributed by atoms with Crippen LogP contribution in [0.15, 0.2) is 18.2 Å². The van der Waals surface area contributed by atoms with Gasteiger partial charge in [-0.25, -0.2) is 8.42 Å². The monoisotopic (exact) mass is 212 g/mol. The normalized spacial score (nSPS) is 20.0. The molecule has 1 N–H and O–H groups in total. The molecule has 3 nitrogen and oxygen atoms in total. The number of fused-ring (bicyclic) bond motifs is 1. The lowest BCUT2D eigenvalue weighted by molar-refractivity contribution is 0.180. The van der Waals surface area contributed by atoms with Crippen LogP contribution in [0.4, 0.5) is 0 Å². The molecule has 14 heavy (non-hydrogen) atoms. The fourth-order valence-corrected chi connectivity index (χ4v) is 2.37. The molecule has 0 saturated carbocycles. The number of hydrogen-bond donors (Lipinski definition) is 2. The molecule has 1 aromatic carbocycles. The Balaban J connectivity index is 2.34. The summed E-state index contributed by atoms with van der Waals surface area (Å²) in [5.41, 5.74) is 2.81. The van der Waals surface area contributed by atoms with Gasteiger partial charge < -0.3 is 5.11 Å². The minimum Gasteiger partial charge on any atom is -0.388 e. The third-order valence-corrected chi connectivity index (χ3v) is 3.19. The van der Waals surface area contributed by atoms with Gasteiger partial charge in [-0.05, 0) is 29.5 Å². The minimum absolute atomic E-state index is 0.0648. The van der Waals surface area contributed by atoms with Crippen molar-refractivity contribution in [1.82, 2.24) is 0 Å². The number of benzene rings is 1. The van der Waals surface area contributed by atoms with Crippen molar-refractivity contribution in [3.63, 3.8) is 0 Å². The molecule has 0 amide bonds. The van der Waals surface area contributed by atoms with Gasteiger partial charge in [0.05, 0.1) is 11.9 Å². The molecule has 0 bridgehead atoms. The molecule has 0 heterocycles. The second-order valence-electron chi connectivity index (χ2n) is 3.58. The Morgan fingerprint density at radius 3 is 2.93 bits per heavy atom. The minimum atomic E-state index is -2.38. The predicted molar refractivity (Wildman–Crippen MR) is 53.7 cm³/mol. The highest BCUT2D eigenvalue weighted by atomic mass is 32.2. The molecule has 2 rings (SSSR count). The van der Waals surface area contributed by atoms with Crippen LogP contribution in [0.3, 0.4) is 0 Å². The smallest absolute Gasteiger partial charge is 0.144 e. The number of aryl methyl sites for hydroxylation is 1. The third kappa shape index (κ3) is 1.81. The van der Waals surface area contributed by atoms with Crippen LogP contribution in [0.1, 0.15) is 29.2 Å². The molecule has 0 fully saturated rings. The van der Waals surface area contributed by atoms with Gasteiger partial charge in [-0.3, -0.25) is 0 Å². The zero-order chi connectivity index (χ0) is 10.1. The van der Waals surface area contributed by atoms with Crippen LogP contribution in [-0.4, -0.2) is 13.5 Å². The maximum atomic E-state index is 10.5. The molecular weight excluding hydrogens is 200 g/mol. The van der Waals surface area contributed by atoms with Crippen LogP contribution in [0.25, 0.3) is 0 Å². The van der Waals surface area contributed by atoms with Gasteiger partial charge in [-0.2, -0.15) is 0 Å². The lowest BCUT2D eigenvalue weighted by atomic mass is 10.1. The second kappa shape index (κ2) is 3.71. The molecule has 1 atom stereocenters. The summed E-state index contributed by atoms with van der Waals surface area (Å²) in [5.74, 6) is 0.0648. The van der Waals surface area contributed by atoms with Gasteiger partial charge >= 0.3 is 0 Å². The van der Waals surface area contributed by atoms with E-state index < -0.39 is 16.8 Å². The van der Waals surface area contributed by atoms with E-state index in [-0.39, 0.29) is 5.75 Å². The predicted octanol–water partition coefficient (Wildman–Crippen LogP) is 0.778. The average molecular weight is 212 g/mol. The number of aliphatic hydroxyl groups excluding tert-OH is 1. The maximum Gasteiger partial charge on any atom is 0.144 e.